The maximum atomic E-state index is 13.7. The van der Waals surface area contributed by atoms with E-state index in [9.17, 15) is 24.0 Å². The van der Waals surface area contributed by atoms with Gasteiger partial charge in [-0.05, 0) is 38.3 Å². The van der Waals surface area contributed by atoms with Crippen molar-refractivity contribution in [3.05, 3.63) is 36.0 Å². The summed E-state index contributed by atoms with van der Waals surface area (Å²) in [6.45, 7) is 2.33. The van der Waals surface area contributed by atoms with E-state index in [-0.39, 0.29) is 25.2 Å². The Bertz CT molecular complexity index is 1210. The summed E-state index contributed by atoms with van der Waals surface area (Å²) in [5, 5.41) is 8.85. The molecule has 4 atom stereocenters. The van der Waals surface area contributed by atoms with Crippen molar-refractivity contribution in [2.45, 2.75) is 63.4 Å². The van der Waals surface area contributed by atoms with Crippen molar-refractivity contribution in [3.63, 3.8) is 0 Å². The van der Waals surface area contributed by atoms with Crippen LogP contribution in [0.25, 0.3) is 10.9 Å². The molecular formula is C25H29N5O7. The van der Waals surface area contributed by atoms with Crippen molar-refractivity contribution < 1.29 is 33.4 Å². The van der Waals surface area contributed by atoms with Crippen LogP contribution in [0, 0.1) is 0 Å². The Labute approximate surface area is 212 Å². The predicted molar refractivity (Wildman–Crippen MR) is 128 cm³/mol. The molecule has 0 aliphatic carbocycles. The van der Waals surface area contributed by atoms with Crippen LogP contribution in [0.1, 0.15) is 49.5 Å². The van der Waals surface area contributed by atoms with Crippen LogP contribution in [-0.2, 0) is 28.7 Å². The maximum Gasteiger partial charge on any atom is 0.310 e. The Morgan fingerprint density at radius 3 is 2.76 bits per heavy atom. The largest absolute Gasteiger partial charge is 0.433 e. The highest BCUT2D eigenvalue weighted by Crippen LogP contribution is 2.26. The first-order valence-corrected chi connectivity index (χ1v) is 12.5. The monoisotopic (exact) mass is 511 g/mol. The van der Waals surface area contributed by atoms with E-state index in [1.165, 1.54) is 10.0 Å². The number of ether oxygens (including phenoxy) is 2. The first-order valence-electron chi connectivity index (χ1n) is 12.5. The summed E-state index contributed by atoms with van der Waals surface area (Å²) in [5.41, 5.74) is 1.08. The van der Waals surface area contributed by atoms with E-state index in [0.717, 1.165) is 10.9 Å². The highest BCUT2D eigenvalue weighted by molar-refractivity contribution is 6.01. The fraction of sp³-hybridized carbons (Fsp3) is 0.480. The Morgan fingerprint density at radius 1 is 1.16 bits per heavy atom. The van der Waals surface area contributed by atoms with Gasteiger partial charge in [0.15, 0.2) is 0 Å². The van der Waals surface area contributed by atoms with Gasteiger partial charge in [0, 0.05) is 30.5 Å². The lowest BCUT2D eigenvalue weighted by molar-refractivity contribution is -0.177. The van der Waals surface area contributed by atoms with Gasteiger partial charge in [0.1, 0.15) is 23.8 Å². The van der Waals surface area contributed by atoms with Crippen LogP contribution in [0.4, 0.5) is 0 Å². The fourth-order valence-electron chi connectivity index (χ4n) is 5.09. The number of nitrogens with zero attached hydrogens (tertiary/aromatic N) is 2. The van der Waals surface area contributed by atoms with E-state index in [1.807, 2.05) is 24.3 Å². The summed E-state index contributed by atoms with van der Waals surface area (Å²) in [5.74, 6) is -2.30. The number of rotatable bonds is 6. The number of carbonyl (C=O) groups is 5. The van der Waals surface area contributed by atoms with Crippen molar-refractivity contribution >= 4 is 40.5 Å². The zero-order valence-corrected chi connectivity index (χ0v) is 20.4. The predicted octanol–water partition coefficient (Wildman–Crippen LogP) is 0.589. The van der Waals surface area contributed by atoms with Gasteiger partial charge in [0.25, 0.3) is 11.8 Å². The molecule has 4 unspecified atom stereocenters. The molecule has 12 heteroatoms. The average Bonchev–Trinajstić information content (AvgIpc) is 3.45. The van der Waals surface area contributed by atoms with E-state index in [1.54, 1.807) is 13.0 Å². The van der Waals surface area contributed by atoms with Gasteiger partial charge in [-0.15, -0.1) is 0 Å². The van der Waals surface area contributed by atoms with Gasteiger partial charge in [-0.25, -0.2) is 5.01 Å². The summed E-state index contributed by atoms with van der Waals surface area (Å²) >= 11 is 0. The summed E-state index contributed by atoms with van der Waals surface area (Å²) in [7, 11) is 0. The number of hydrogen-bond acceptors (Lipinski definition) is 7. The smallest absolute Gasteiger partial charge is 0.310 e. The maximum absolute atomic E-state index is 13.7. The van der Waals surface area contributed by atoms with Gasteiger partial charge < -0.3 is 25.1 Å². The van der Waals surface area contributed by atoms with Crippen molar-refractivity contribution in [2.24, 2.45) is 0 Å². The van der Waals surface area contributed by atoms with E-state index in [0.29, 0.717) is 31.7 Å². The first kappa shape index (κ1) is 24.8. The summed E-state index contributed by atoms with van der Waals surface area (Å²) < 4.78 is 10.5. The molecule has 3 fully saturated rings. The lowest BCUT2D eigenvalue weighted by atomic mass is 10.0. The summed E-state index contributed by atoms with van der Waals surface area (Å²) in [4.78, 5) is 67.7. The number of carbonyl (C=O) groups excluding carboxylic acids is 5. The second-order valence-electron chi connectivity index (χ2n) is 9.33. The molecule has 4 heterocycles. The molecule has 12 nitrogen and oxygen atoms in total. The number of H-pyrrole nitrogens is 1. The second kappa shape index (κ2) is 10.2. The van der Waals surface area contributed by atoms with E-state index in [2.05, 4.69) is 15.6 Å². The molecule has 37 heavy (non-hydrogen) atoms. The molecule has 1 aromatic carbocycles. The quantitative estimate of drug-likeness (QED) is 0.481. The number of fused-ring (bicyclic) bond motifs is 2. The van der Waals surface area contributed by atoms with Crippen LogP contribution in [-0.4, -0.2) is 82.2 Å². The number of hydrazine groups is 1. The van der Waals surface area contributed by atoms with Crippen molar-refractivity contribution in [1.29, 1.82) is 0 Å². The number of nitrogens with one attached hydrogen (secondary N) is 3. The van der Waals surface area contributed by atoms with Gasteiger partial charge in [0.2, 0.25) is 18.1 Å². The molecule has 3 aliphatic rings. The van der Waals surface area contributed by atoms with Gasteiger partial charge in [0.05, 0.1) is 6.42 Å². The van der Waals surface area contributed by atoms with Crippen molar-refractivity contribution in [2.75, 3.05) is 13.2 Å². The molecule has 0 bridgehead atoms. The second-order valence-corrected chi connectivity index (χ2v) is 9.33. The molecule has 0 radical (unpaired) electrons. The number of amides is 4. The molecule has 0 saturated carbocycles. The van der Waals surface area contributed by atoms with Crippen molar-refractivity contribution in [1.82, 2.24) is 25.6 Å². The van der Waals surface area contributed by atoms with Crippen molar-refractivity contribution in [3.8, 4) is 0 Å². The van der Waals surface area contributed by atoms with Gasteiger partial charge in [-0.2, -0.15) is 0 Å². The normalized spacial score (nSPS) is 26.0. The third-order valence-electron chi connectivity index (χ3n) is 6.87. The molecule has 3 N–H and O–H groups in total. The minimum Gasteiger partial charge on any atom is -0.433 e. The molecule has 5 rings (SSSR count). The van der Waals surface area contributed by atoms with Gasteiger partial charge >= 0.3 is 5.97 Å². The molecule has 3 aliphatic heterocycles. The third-order valence-corrected chi connectivity index (χ3v) is 6.87. The first-order chi connectivity index (χ1) is 17.9. The lowest BCUT2D eigenvalue weighted by Gasteiger charge is -2.43. The number of para-hydroxylation sites is 1. The molecule has 4 amide bonds. The average molecular weight is 512 g/mol. The highest BCUT2D eigenvalue weighted by atomic mass is 16.7. The number of benzene rings is 1. The SMILES string of the molecule is CCOC1OC(=O)CC1NC(=O)C1CCCN2C(=O)CCC(NC(=O)c3cc4ccccc4[nH]3)C(=O)N12. The number of aromatic amines is 1. The Kier molecular flexibility index (Phi) is 6.83. The number of cyclic esters (lactones) is 1. The summed E-state index contributed by atoms with van der Waals surface area (Å²) in [6.07, 6.45) is 0.0436. The summed E-state index contributed by atoms with van der Waals surface area (Å²) in [6, 6.07) is 6.44. The molecule has 1 aromatic heterocycles. The number of aromatic nitrogens is 1. The molecule has 196 valence electrons. The third kappa shape index (κ3) is 4.88. The van der Waals surface area contributed by atoms with E-state index < -0.39 is 48.1 Å². The van der Waals surface area contributed by atoms with Crippen LogP contribution in [0.2, 0.25) is 0 Å². The zero-order valence-electron chi connectivity index (χ0n) is 20.4. The topological polar surface area (TPSA) is 150 Å². The lowest BCUT2D eigenvalue weighted by Crippen LogP contribution is -2.64. The molecule has 3 saturated heterocycles. The fourth-order valence-corrected chi connectivity index (χ4v) is 5.09. The van der Waals surface area contributed by atoms with Crippen LogP contribution >= 0.6 is 0 Å². The Balaban J connectivity index is 1.34. The molecular weight excluding hydrogens is 482 g/mol. The Hall–Kier alpha value is -3.93. The number of esters is 1. The molecule has 2 aromatic rings. The van der Waals surface area contributed by atoms with Crippen LogP contribution in [0.3, 0.4) is 0 Å². The van der Waals surface area contributed by atoms with E-state index in [4.69, 9.17) is 9.47 Å². The minimum atomic E-state index is -0.992. The number of hydrogen-bond donors (Lipinski definition) is 3. The zero-order chi connectivity index (χ0) is 26.1. The van der Waals surface area contributed by atoms with Gasteiger partial charge in [-0.3, -0.25) is 29.0 Å². The van der Waals surface area contributed by atoms with Crippen LogP contribution in [0.5, 0.6) is 0 Å². The van der Waals surface area contributed by atoms with E-state index >= 15 is 0 Å². The highest BCUT2D eigenvalue weighted by Gasteiger charge is 2.46. The van der Waals surface area contributed by atoms with Crippen LogP contribution < -0.4 is 10.6 Å². The minimum absolute atomic E-state index is 0.0472. The standard InChI is InChI=1S/C25H29N5O7/c1-2-36-25-18(13-21(32)37-25)28-23(34)19-8-5-11-29-20(31)10-9-16(24(35)30(19)29)27-22(33)17-12-14-6-3-4-7-15(14)26-17/h3-4,6-7,12,16,18-19,25-26H,2,5,8-11,13H2,1H3,(H,27,33)(H,28,34). The Morgan fingerprint density at radius 2 is 1.97 bits per heavy atom. The van der Waals surface area contributed by atoms with Crippen LogP contribution in [0.15, 0.2) is 30.3 Å². The van der Waals surface area contributed by atoms with Gasteiger partial charge in [-0.1, -0.05) is 18.2 Å². The molecule has 0 spiro atoms.